The summed E-state index contributed by atoms with van der Waals surface area (Å²) in [5.41, 5.74) is 9.52. The second-order valence-electron chi connectivity index (χ2n) is 10.3. The highest BCUT2D eigenvalue weighted by Gasteiger charge is 2.28. The Morgan fingerprint density at radius 3 is 2.08 bits per heavy atom. The second-order valence-corrected chi connectivity index (χ2v) is 11.1. The summed E-state index contributed by atoms with van der Waals surface area (Å²) in [7, 11) is 0. The molecule has 1 saturated carbocycles. The van der Waals surface area contributed by atoms with Crippen molar-refractivity contribution in [2.45, 2.75) is 78.1 Å². The van der Waals surface area contributed by atoms with E-state index in [0.29, 0.717) is 0 Å². The average molecular weight is 535 g/mol. The molecule has 202 valence electrons. The minimum atomic E-state index is -0.0299. The zero-order valence-corrected chi connectivity index (χ0v) is 24.8. The first-order valence-corrected chi connectivity index (χ1v) is 15.6. The molecule has 1 nitrogen and oxygen atoms in total. The van der Waals surface area contributed by atoms with Crippen LogP contribution in [0.1, 0.15) is 98.9 Å². The molecule has 39 heavy (non-hydrogen) atoms. The SMILES string of the molecule is CC.CCC1C(=O)C(c2ccc(-c3ccsc3)cc2)=Cc2ccccc21.Cc1ccc(C2CCCCC2)cc1. The third kappa shape index (κ3) is 7.05. The van der Waals surface area contributed by atoms with Gasteiger partial charge in [-0.1, -0.05) is 118 Å². The van der Waals surface area contributed by atoms with E-state index >= 15 is 0 Å². The van der Waals surface area contributed by atoms with Gasteiger partial charge in [-0.3, -0.25) is 4.79 Å². The first-order valence-electron chi connectivity index (χ1n) is 14.7. The van der Waals surface area contributed by atoms with Gasteiger partial charge in [0.25, 0.3) is 0 Å². The lowest BCUT2D eigenvalue weighted by Crippen LogP contribution is -2.18. The molecule has 1 atom stereocenters. The average Bonchev–Trinajstić information content (AvgIpc) is 3.55. The van der Waals surface area contributed by atoms with E-state index in [0.717, 1.165) is 29.0 Å². The summed E-state index contributed by atoms with van der Waals surface area (Å²) < 4.78 is 0. The monoisotopic (exact) mass is 534 g/mol. The highest BCUT2D eigenvalue weighted by atomic mass is 32.1. The standard InChI is InChI=1S/C22H18OS.C13H18.C2H6/c1-2-19-20-6-4-3-5-17(20)13-21(22(19)23)16-9-7-15(8-10-16)18-11-12-24-14-18;1-11-7-9-13(10-8-11)12-5-3-2-4-6-12;1-2/h3-14,19H,2H2,1H3;7-10,12H,2-6H2,1H3;1-2H3. The van der Waals surface area contributed by atoms with Crippen LogP contribution in [0, 0.1) is 6.92 Å². The van der Waals surface area contributed by atoms with E-state index in [2.05, 4.69) is 91.3 Å². The van der Waals surface area contributed by atoms with Crippen molar-refractivity contribution in [3.8, 4) is 11.1 Å². The van der Waals surface area contributed by atoms with Gasteiger partial charge in [0.05, 0.1) is 0 Å². The van der Waals surface area contributed by atoms with E-state index in [-0.39, 0.29) is 11.7 Å². The summed E-state index contributed by atoms with van der Waals surface area (Å²) in [5, 5.41) is 4.22. The molecule has 1 unspecified atom stereocenters. The van der Waals surface area contributed by atoms with Crippen LogP contribution in [0.15, 0.2) is 89.6 Å². The highest BCUT2D eigenvalue weighted by Crippen LogP contribution is 2.37. The Labute approximate surface area is 239 Å². The summed E-state index contributed by atoms with van der Waals surface area (Å²) >= 11 is 1.70. The minimum absolute atomic E-state index is 0.0299. The van der Waals surface area contributed by atoms with Gasteiger partial charge < -0.3 is 0 Å². The summed E-state index contributed by atoms with van der Waals surface area (Å²) in [4.78, 5) is 13.0. The van der Waals surface area contributed by atoms with Gasteiger partial charge in [-0.25, -0.2) is 0 Å². The number of Topliss-reactive ketones (excluding diaryl/α,β-unsaturated/α-hetero) is 1. The first-order chi connectivity index (χ1) is 19.1. The molecular weight excluding hydrogens is 492 g/mol. The number of carbonyl (C=O) groups is 1. The fourth-order valence-corrected chi connectivity index (χ4v) is 6.36. The molecule has 1 aromatic heterocycles. The number of aryl methyl sites for hydroxylation is 1. The van der Waals surface area contributed by atoms with E-state index in [1.165, 1.54) is 54.4 Å². The molecule has 1 fully saturated rings. The summed E-state index contributed by atoms with van der Waals surface area (Å²) in [6, 6.07) is 27.8. The van der Waals surface area contributed by atoms with Gasteiger partial charge in [0.1, 0.15) is 0 Å². The third-order valence-corrected chi connectivity index (χ3v) is 8.55. The lowest BCUT2D eigenvalue weighted by atomic mass is 9.78. The van der Waals surface area contributed by atoms with Crippen LogP contribution in [0.5, 0.6) is 0 Å². The van der Waals surface area contributed by atoms with Crippen LogP contribution in [-0.4, -0.2) is 5.78 Å². The van der Waals surface area contributed by atoms with Crippen molar-refractivity contribution >= 4 is 28.8 Å². The van der Waals surface area contributed by atoms with E-state index in [1.807, 2.05) is 32.1 Å². The molecule has 4 aromatic rings. The Hall–Kier alpha value is -3.23. The summed E-state index contributed by atoms with van der Waals surface area (Å²) in [6.07, 6.45) is 10.00. The molecule has 1 heterocycles. The Balaban J connectivity index is 0.000000199. The van der Waals surface area contributed by atoms with Crippen molar-refractivity contribution in [1.82, 2.24) is 0 Å². The van der Waals surface area contributed by atoms with Crippen LogP contribution in [0.3, 0.4) is 0 Å². The van der Waals surface area contributed by atoms with Crippen molar-refractivity contribution in [2.75, 3.05) is 0 Å². The molecular formula is C37H42OS. The van der Waals surface area contributed by atoms with Crippen LogP contribution in [-0.2, 0) is 4.79 Å². The maximum absolute atomic E-state index is 13.0. The molecule has 2 aliphatic rings. The lowest BCUT2D eigenvalue weighted by Gasteiger charge is -2.23. The van der Waals surface area contributed by atoms with Crippen molar-refractivity contribution in [1.29, 1.82) is 0 Å². The Morgan fingerprint density at radius 2 is 1.44 bits per heavy atom. The van der Waals surface area contributed by atoms with E-state index in [1.54, 1.807) is 16.9 Å². The van der Waals surface area contributed by atoms with Crippen molar-refractivity contribution < 1.29 is 4.79 Å². The zero-order valence-electron chi connectivity index (χ0n) is 24.0. The lowest BCUT2D eigenvalue weighted by molar-refractivity contribution is -0.115. The molecule has 0 saturated heterocycles. The number of hydrogen-bond donors (Lipinski definition) is 0. The predicted molar refractivity (Wildman–Crippen MR) is 170 cm³/mol. The molecule has 0 radical (unpaired) electrons. The third-order valence-electron chi connectivity index (χ3n) is 7.87. The Bertz CT molecular complexity index is 1340. The van der Waals surface area contributed by atoms with Crippen LogP contribution in [0.25, 0.3) is 22.8 Å². The maximum atomic E-state index is 13.0. The van der Waals surface area contributed by atoms with Crippen molar-refractivity contribution in [2.24, 2.45) is 0 Å². The number of allylic oxidation sites excluding steroid dienone is 1. The van der Waals surface area contributed by atoms with Gasteiger partial charge in [-0.15, -0.1) is 0 Å². The van der Waals surface area contributed by atoms with Gasteiger partial charge in [0.2, 0.25) is 0 Å². The molecule has 6 rings (SSSR count). The normalized spacial score (nSPS) is 16.7. The zero-order chi connectivity index (χ0) is 27.6. The van der Waals surface area contributed by atoms with Crippen molar-refractivity contribution in [3.63, 3.8) is 0 Å². The second kappa shape index (κ2) is 14.2. The Kier molecular flexibility index (Phi) is 10.5. The van der Waals surface area contributed by atoms with Gasteiger partial charge in [-0.2, -0.15) is 11.3 Å². The molecule has 2 aliphatic carbocycles. The number of thiophene rings is 1. The largest absolute Gasteiger partial charge is 0.293 e. The number of carbonyl (C=O) groups excluding carboxylic acids is 1. The van der Waals surface area contributed by atoms with Gasteiger partial charge in [0, 0.05) is 11.5 Å². The quantitative estimate of drug-likeness (QED) is 0.254. The molecule has 2 heteroatoms. The van der Waals surface area contributed by atoms with Crippen LogP contribution < -0.4 is 0 Å². The van der Waals surface area contributed by atoms with Gasteiger partial charge in [-0.05, 0) is 88.4 Å². The molecule has 0 bridgehead atoms. The van der Waals surface area contributed by atoms with Crippen LogP contribution in [0.4, 0.5) is 0 Å². The highest BCUT2D eigenvalue weighted by molar-refractivity contribution is 7.08. The number of rotatable bonds is 4. The smallest absolute Gasteiger partial charge is 0.170 e. The minimum Gasteiger partial charge on any atom is -0.293 e. The molecule has 0 aliphatic heterocycles. The van der Waals surface area contributed by atoms with Crippen molar-refractivity contribution in [3.05, 3.63) is 117 Å². The molecule has 0 N–H and O–H groups in total. The fourth-order valence-electron chi connectivity index (χ4n) is 5.69. The van der Waals surface area contributed by atoms with Gasteiger partial charge in [0.15, 0.2) is 5.78 Å². The molecule has 3 aromatic carbocycles. The summed E-state index contributed by atoms with van der Waals surface area (Å²) in [5.74, 6) is 1.06. The van der Waals surface area contributed by atoms with E-state index in [9.17, 15) is 4.79 Å². The van der Waals surface area contributed by atoms with Crippen LogP contribution >= 0.6 is 11.3 Å². The predicted octanol–water partition coefficient (Wildman–Crippen LogP) is 11.1. The number of benzene rings is 3. The van der Waals surface area contributed by atoms with E-state index < -0.39 is 0 Å². The number of ketones is 1. The Morgan fingerprint density at radius 1 is 0.769 bits per heavy atom. The maximum Gasteiger partial charge on any atom is 0.170 e. The topological polar surface area (TPSA) is 17.1 Å². The molecule has 0 spiro atoms. The summed E-state index contributed by atoms with van der Waals surface area (Å²) in [6.45, 7) is 8.24. The number of hydrogen-bond acceptors (Lipinski definition) is 2. The molecule has 0 amide bonds. The fraction of sp³-hybridized carbons (Fsp3) is 0.324. The first kappa shape index (κ1) is 28.8. The number of fused-ring (bicyclic) bond motifs is 1. The van der Waals surface area contributed by atoms with Gasteiger partial charge >= 0.3 is 0 Å². The van der Waals surface area contributed by atoms with E-state index in [4.69, 9.17) is 0 Å². The van der Waals surface area contributed by atoms with Crippen LogP contribution in [0.2, 0.25) is 0 Å².